The van der Waals surface area contributed by atoms with E-state index in [2.05, 4.69) is 5.32 Å². The second-order valence-corrected chi connectivity index (χ2v) is 4.82. The van der Waals surface area contributed by atoms with E-state index in [0.717, 1.165) is 0 Å². The number of carbonyl (C=O) groups excluding carboxylic acids is 1. The Kier molecular flexibility index (Phi) is 1.69. The molecule has 0 heterocycles. The summed E-state index contributed by atoms with van der Waals surface area (Å²) in [6, 6.07) is 3.14. The molecule has 4 aromatic rings. The first-order chi connectivity index (χ1) is 15.1. The van der Waals surface area contributed by atoms with Gasteiger partial charge in [-0.15, -0.1) is 0 Å². The van der Waals surface area contributed by atoms with Crippen LogP contribution in [0.25, 0.3) is 21.5 Å². The fourth-order valence-corrected chi connectivity index (χ4v) is 2.34. The van der Waals surface area contributed by atoms with Crippen molar-refractivity contribution in [1.29, 1.82) is 0 Å². The molecule has 0 aliphatic rings. The van der Waals surface area contributed by atoms with Gasteiger partial charge in [0, 0.05) is 16.6 Å². The first kappa shape index (κ1) is 6.97. The number of hydrogen-bond donors (Lipinski definition) is 1. The monoisotopic (exact) mass is 306 g/mol. The van der Waals surface area contributed by atoms with Crippen molar-refractivity contribution in [3.05, 3.63) is 90.3 Å². The Balaban J connectivity index is 2.23. The average molecular weight is 306 g/mol. The number of benzene rings is 4. The number of anilines is 1. The molecular weight excluding hydrogens is 282 g/mol. The SMILES string of the molecule is [2H]c1c([2H])c([2H])c2c(c1[2H])c([2H])c(NC(=O)c1ccccc1)c1c([2H])c([2H])c([2H])c([2H])c12. The van der Waals surface area contributed by atoms with Gasteiger partial charge in [0.25, 0.3) is 5.91 Å². The lowest BCUT2D eigenvalue weighted by molar-refractivity contribution is 0.102. The van der Waals surface area contributed by atoms with E-state index in [4.69, 9.17) is 12.3 Å². The molecule has 4 aromatic carbocycles. The topological polar surface area (TPSA) is 29.1 Å². The molecule has 2 heteroatoms. The molecule has 0 unspecified atom stereocenters. The number of nitrogens with one attached hydrogen (secondary N) is 1. The molecule has 0 bridgehead atoms. The van der Waals surface area contributed by atoms with Crippen molar-refractivity contribution >= 4 is 33.1 Å². The molecular formula is C21H15NO. The van der Waals surface area contributed by atoms with E-state index in [-0.39, 0.29) is 32.8 Å². The first-order valence-corrected chi connectivity index (χ1v) is 6.86. The van der Waals surface area contributed by atoms with Crippen LogP contribution in [0, 0.1) is 0 Å². The molecule has 0 aliphatic heterocycles. The number of amides is 1. The van der Waals surface area contributed by atoms with Crippen molar-refractivity contribution in [2.45, 2.75) is 0 Å². The Morgan fingerprint density at radius 2 is 1.48 bits per heavy atom. The molecule has 0 aliphatic carbocycles. The van der Waals surface area contributed by atoms with Gasteiger partial charge in [-0.1, -0.05) is 66.5 Å². The van der Waals surface area contributed by atoms with Gasteiger partial charge in [0.1, 0.15) is 0 Å². The van der Waals surface area contributed by atoms with E-state index in [1.165, 1.54) is 12.1 Å². The van der Waals surface area contributed by atoms with Crippen LogP contribution in [0.15, 0.2) is 84.7 Å². The van der Waals surface area contributed by atoms with Gasteiger partial charge in [-0.2, -0.15) is 0 Å². The van der Waals surface area contributed by atoms with E-state index in [0.29, 0.717) is 0 Å². The average Bonchev–Trinajstić information content (AvgIpc) is 2.79. The molecule has 110 valence electrons. The van der Waals surface area contributed by atoms with Crippen molar-refractivity contribution in [2.24, 2.45) is 0 Å². The predicted molar refractivity (Wildman–Crippen MR) is 95.8 cm³/mol. The van der Waals surface area contributed by atoms with Crippen LogP contribution >= 0.6 is 0 Å². The summed E-state index contributed by atoms with van der Waals surface area (Å²) in [6.45, 7) is 0. The molecule has 0 fully saturated rings. The zero-order valence-corrected chi connectivity index (χ0v) is 11.8. The largest absolute Gasteiger partial charge is 0.321 e. The van der Waals surface area contributed by atoms with Gasteiger partial charge < -0.3 is 5.32 Å². The molecule has 0 radical (unpaired) electrons. The lowest BCUT2D eigenvalue weighted by Gasteiger charge is -2.12. The zero-order valence-electron chi connectivity index (χ0n) is 20.8. The lowest BCUT2D eigenvalue weighted by Crippen LogP contribution is -2.11. The van der Waals surface area contributed by atoms with Crippen molar-refractivity contribution in [3.63, 3.8) is 0 Å². The summed E-state index contributed by atoms with van der Waals surface area (Å²) in [6.07, 6.45) is 0. The van der Waals surface area contributed by atoms with Crippen LogP contribution in [0.4, 0.5) is 5.69 Å². The van der Waals surface area contributed by atoms with Gasteiger partial charge in [-0.3, -0.25) is 4.79 Å². The van der Waals surface area contributed by atoms with Gasteiger partial charge in [0.05, 0.1) is 12.3 Å². The molecule has 23 heavy (non-hydrogen) atoms. The summed E-state index contributed by atoms with van der Waals surface area (Å²) < 4.78 is 74.1. The summed E-state index contributed by atoms with van der Waals surface area (Å²) >= 11 is 0. The van der Waals surface area contributed by atoms with Gasteiger partial charge >= 0.3 is 0 Å². The van der Waals surface area contributed by atoms with E-state index in [9.17, 15) is 4.79 Å². The summed E-state index contributed by atoms with van der Waals surface area (Å²) in [7, 11) is 0. The molecule has 0 atom stereocenters. The third kappa shape index (κ3) is 2.44. The Hall–Kier alpha value is -3.13. The highest BCUT2D eigenvalue weighted by Crippen LogP contribution is 2.32. The van der Waals surface area contributed by atoms with E-state index >= 15 is 0 Å². The van der Waals surface area contributed by atoms with Crippen LogP contribution in [-0.4, -0.2) is 5.91 Å². The van der Waals surface area contributed by atoms with Gasteiger partial charge in [0.2, 0.25) is 0 Å². The first-order valence-electron chi connectivity index (χ1n) is 11.4. The van der Waals surface area contributed by atoms with Crippen LogP contribution in [0.2, 0.25) is 0 Å². The molecule has 0 aromatic heterocycles. The smallest absolute Gasteiger partial charge is 0.255 e. The van der Waals surface area contributed by atoms with Gasteiger partial charge in [-0.25, -0.2) is 0 Å². The minimum atomic E-state index is -0.631. The van der Waals surface area contributed by atoms with E-state index < -0.39 is 60.3 Å². The van der Waals surface area contributed by atoms with Crippen LogP contribution in [0.3, 0.4) is 0 Å². The second kappa shape index (κ2) is 5.58. The highest BCUT2D eigenvalue weighted by Gasteiger charge is 2.10. The molecule has 2 nitrogen and oxygen atoms in total. The van der Waals surface area contributed by atoms with Gasteiger partial charge in [0.15, 0.2) is 0 Å². The standard InChI is InChI=1S/C21H15NO/c23-21(15-8-2-1-3-9-15)22-20-14-16-10-4-5-11-17(16)18-12-6-7-13-19(18)20/h1-14H,(H,22,23)/i4D,5D,6D,7D,10D,11D,12D,13D,14D. The van der Waals surface area contributed by atoms with Crippen LogP contribution in [0.5, 0.6) is 0 Å². The quantitative estimate of drug-likeness (QED) is 0.504. The maximum Gasteiger partial charge on any atom is 0.255 e. The van der Waals surface area contributed by atoms with E-state index in [1.807, 2.05) is 0 Å². The summed E-state index contributed by atoms with van der Waals surface area (Å²) in [5.41, 5.74) is -0.00525. The molecule has 0 saturated heterocycles. The second-order valence-electron chi connectivity index (χ2n) is 4.82. The lowest BCUT2D eigenvalue weighted by atomic mass is 10.00. The van der Waals surface area contributed by atoms with E-state index in [1.54, 1.807) is 18.2 Å². The number of fused-ring (bicyclic) bond motifs is 3. The Bertz CT molecular complexity index is 1450. The Labute approximate surface area is 147 Å². The van der Waals surface area contributed by atoms with Crippen LogP contribution in [-0.2, 0) is 0 Å². The van der Waals surface area contributed by atoms with Crippen LogP contribution in [0.1, 0.15) is 22.7 Å². The highest BCUT2D eigenvalue weighted by molar-refractivity contribution is 6.16. The number of rotatable bonds is 2. The Morgan fingerprint density at radius 3 is 2.26 bits per heavy atom. The zero-order chi connectivity index (χ0) is 23.5. The number of hydrogen-bond acceptors (Lipinski definition) is 1. The molecule has 1 N–H and O–H groups in total. The minimum absolute atomic E-state index is 0.183. The van der Waals surface area contributed by atoms with Crippen molar-refractivity contribution in [1.82, 2.24) is 0 Å². The van der Waals surface area contributed by atoms with Crippen molar-refractivity contribution < 1.29 is 17.1 Å². The summed E-state index contributed by atoms with van der Waals surface area (Å²) in [5, 5.41) is 1.72. The van der Waals surface area contributed by atoms with Crippen molar-refractivity contribution in [2.75, 3.05) is 5.32 Å². The maximum atomic E-state index is 12.8. The van der Waals surface area contributed by atoms with Crippen LogP contribution < -0.4 is 5.32 Å². The third-order valence-electron chi connectivity index (χ3n) is 3.40. The number of carbonyl (C=O) groups is 1. The maximum absolute atomic E-state index is 12.8. The molecule has 0 spiro atoms. The minimum Gasteiger partial charge on any atom is -0.321 e. The Morgan fingerprint density at radius 1 is 0.826 bits per heavy atom. The van der Waals surface area contributed by atoms with Crippen molar-refractivity contribution in [3.8, 4) is 0 Å². The third-order valence-corrected chi connectivity index (χ3v) is 3.40. The molecule has 1 amide bonds. The van der Waals surface area contributed by atoms with Gasteiger partial charge in [-0.05, 0) is 34.3 Å². The normalized spacial score (nSPS) is 16.3. The fraction of sp³-hybridized carbons (Fsp3) is 0. The highest BCUT2D eigenvalue weighted by atomic mass is 16.1. The molecule has 0 saturated carbocycles. The summed E-state index contributed by atoms with van der Waals surface area (Å²) in [4.78, 5) is 12.8. The summed E-state index contributed by atoms with van der Waals surface area (Å²) in [5.74, 6) is -0.631. The fourth-order valence-electron chi connectivity index (χ4n) is 2.34. The molecule has 4 rings (SSSR count). The predicted octanol–water partition coefficient (Wildman–Crippen LogP) is 5.25.